The number of allylic oxidation sites excluding steroid dienone is 1. The zero-order valence-electron chi connectivity index (χ0n) is 11.4. The van der Waals surface area contributed by atoms with Crippen molar-refractivity contribution in [1.82, 2.24) is 9.13 Å². The molecule has 1 aliphatic rings. The second-order valence-electron chi connectivity index (χ2n) is 4.85. The zero-order chi connectivity index (χ0) is 15.6. The highest BCUT2D eigenvalue weighted by Gasteiger charge is 2.35. The fourth-order valence-corrected chi connectivity index (χ4v) is 2.30. The first-order valence-corrected chi connectivity index (χ1v) is 6.46. The molecule has 8 nitrogen and oxygen atoms in total. The molecular formula is C13H16N2O6. The standard InChI is InChI=1S/C13H16N2O6/c1-8-6-15(11-5-9(18)10(7-17)21-11)13(20)14(12(8)19)3-2-4-16/h2,6,9-11,17-18H,3,5,7H2,1H3/t9-,10+,11+/m0/s1. The Bertz CT molecular complexity index is 685. The minimum atomic E-state index is -0.887. The van der Waals surface area contributed by atoms with Crippen LogP contribution in [0.15, 0.2) is 21.9 Å². The minimum absolute atomic E-state index is 0.131. The van der Waals surface area contributed by atoms with Gasteiger partial charge in [0.1, 0.15) is 18.3 Å². The fraction of sp³-hybridized carbons (Fsp3) is 0.538. The third kappa shape index (κ3) is 2.88. The second kappa shape index (κ2) is 6.19. The van der Waals surface area contributed by atoms with Gasteiger partial charge in [-0.15, -0.1) is 0 Å². The molecule has 0 saturated carbocycles. The number of carbonyl (C=O) groups excluding carboxylic acids is 1. The summed E-state index contributed by atoms with van der Waals surface area (Å²) in [5.74, 6) is 1.52. The number of aryl methyl sites for hydroxylation is 1. The summed E-state index contributed by atoms with van der Waals surface area (Å²) in [6.07, 6.45) is 0.0956. The number of nitrogens with zero attached hydrogens (tertiary/aromatic N) is 2. The molecule has 1 saturated heterocycles. The van der Waals surface area contributed by atoms with Gasteiger partial charge in [0.25, 0.3) is 5.56 Å². The van der Waals surface area contributed by atoms with E-state index in [4.69, 9.17) is 9.84 Å². The molecule has 0 unspecified atom stereocenters. The molecule has 1 aromatic heterocycles. The molecule has 3 atom stereocenters. The summed E-state index contributed by atoms with van der Waals surface area (Å²) in [7, 11) is 0. The van der Waals surface area contributed by atoms with Gasteiger partial charge in [-0.25, -0.2) is 9.59 Å². The van der Waals surface area contributed by atoms with E-state index >= 15 is 0 Å². The highest BCUT2D eigenvalue weighted by atomic mass is 16.5. The third-order valence-electron chi connectivity index (χ3n) is 3.42. The van der Waals surface area contributed by atoms with E-state index in [0.717, 1.165) is 10.6 Å². The maximum absolute atomic E-state index is 12.3. The highest BCUT2D eigenvalue weighted by Crippen LogP contribution is 2.27. The van der Waals surface area contributed by atoms with E-state index in [9.17, 15) is 19.5 Å². The van der Waals surface area contributed by atoms with Gasteiger partial charge >= 0.3 is 5.69 Å². The summed E-state index contributed by atoms with van der Waals surface area (Å²) in [5.41, 5.74) is -0.840. The Kier molecular flexibility index (Phi) is 4.54. The maximum atomic E-state index is 12.3. The Morgan fingerprint density at radius 2 is 2.24 bits per heavy atom. The van der Waals surface area contributed by atoms with E-state index in [2.05, 4.69) is 0 Å². The van der Waals surface area contributed by atoms with Gasteiger partial charge in [0.05, 0.1) is 19.3 Å². The lowest BCUT2D eigenvalue weighted by Crippen LogP contribution is -2.42. The predicted molar refractivity (Wildman–Crippen MR) is 71.6 cm³/mol. The molecule has 1 aromatic rings. The van der Waals surface area contributed by atoms with Gasteiger partial charge in [0.15, 0.2) is 0 Å². The van der Waals surface area contributed by atoms with Crippen LogP contribution in [0.5, 0.6) is 0 Å². The van der Waals surface area contributed by atoms with Gasteiger partial charge in [0, 0.05) is 24.3 Å². The van der Waals surface area contributed by atoms with Crippen LogP contribution in [-0.4, -0.2) is 44.1 Å². The Balaban J connectivity index is 2.46. The number of aliphatic hydroxyl groups excluding tert-OH is 2. The fourth-order valence-electron chi connectivity index (χ4n) is 2.30. The van der Waals surface area contributed by atoms with E-state index in [1.54, 1.807) is 0 Å². The van der Waals surface area contributed by atoms with Gasteiger partial charge in [-0.2, -0.15) is 0 Å². The van der Waals surface area contributed by atoms with Crippen LogP contribution in [0.4, 0.5) is 0 Å². The average molecular weight is 296 g/mol. The number of aliphatic hydroxyl groups is 2. The van der Waals surface area contributed by atoms with Crippen LogP contribution in [0, 0.1) is 6.92 Å². The molecule has 21 heavy (non-hydrogen) atoms. The Morgan fingerprint density at radius 3 is 2.81 bits per heavy atom. The van der Waals surface area contributed by atoms with E-state index in [0.29, 0.717) is 5.56 Å². The lowest BCUT2D eigenvalue weighted by molar-refractivity contribution is -0.0463. The molecule has 2 N–H and O–H groups in total. The number of aromatic nitrogens is 2. The molecule has 8 heteroatoms. The summed E-state index contributed by atoms with van der Waals surface area (Å²) in [6.45, 7) is 0.995. The monoisotopic (exact) mass is 296 g/mol. The zero-order valence-corrected chi connectivity index (χ0v) is 11.4. The smallest absolute Gasteiger partial charge is 0.333 e. The van der Waals surface area contributed by atoms with Crippen LogP contribution in [0.1, 0.15) is 18.2 Å². The molecule has 114 valence electrons. The van der Waals surface area contributed by atoms with Crippen molar-refractivity contribution in [2.24, 2.45) is 0 Å². The average Bonchev–Trinajstić information content (AvgIpc) is 2.84. The largest absolute Gasteiger partial charge is 0.394 e. The minimum Gasteiger partial charge on any atom is -0.394 e. The second-order valence-corrected chi connectivity index (χ2v) is 4.85. The molecule has 0 amide bonds. The molecule has 2 heterocycles. The van der Waals surface area contributed by atoms with E-state index in [-0.39, 0.29) is 19.6 Å². The van der Waals surface area contributed by atoms with Crippen molar-refractivity contribution in [3.05, 3.63) is 38.7 Å². The normalized spacial score (nSPS) is 24.8. The summed E-state index contributed by atoms with van der Waals surface area (Å²) >= 11 is 0. The van der Waals surface area contributed by atoms with Gasteiger partial charge in [0.2, 0.25) is 0 Å². The van der Waals surface area contributed by atoms with Crippen LogP contribution < -0.4 is 11.2 Å². The SMILES string of the molecule is Cc1cn([C@H]2C[C@H](O)[C@@H](CO)O2)c(=O)n(CC=C=O)c1=O. The molecule has 0 aliphatic carbocycles. The van der Waals surface area contributed by atoms with Crippen molar-refractivity contribution in [3.63, 3.8) is 0 Å². The van der Waals surface area contributed by atoms with Crippen molar-refractivity contribution < 1.29 is 19.7 Å². The summed E-state index contributed by atoms with van der Waals surface area (Å²) in [4.78, 5) is 34.5. The first-order chi connectivity index (χ1) is 9.99. The van der Waals surface area contributed by atoms with Crippen molar-refractivity contribution in [1.29, 1.82) is 0 Å². The third-order valence-corrected chi connectivity index (χ3v) is 3.42. The first-order valence-electron chi connectivity index (χ1n) is 6.46. The molecule has 0 spiro atoms. The Hall–Kier alpha value is -1.99. The number of hydrogen-bond donors (Lipinski definition) is 2. The number of ether oxygens (including phenoxy) is 1. The number of hydrogen-bond acceptors (Lipinski definition) is 6. The van der Waals surface area contributed by atoms with E-state index in [1.165, 1.54) is 23.6 Å². The quantitative estimate of drug-likeness (QED) is 0.644. The van der Waals surface area contributed by atoms with Crippen LogP contribution >= 0.6 is 0 Å². The van der Waals surface area contributed by atoms with Gasteiger partial charge < -0.3 is 14.9 Å². The Morgan fingerprint density at radius 1 is 1.52 bits per heavy atom. The van der Waals surface area contributed by atoms with Crippen LogP contribution in [0.25, 0.3) is 0 Å². The summed E-state index contributed by atoms with van der Waals surface area (Å²) in [6, 6.07) is 0. The van der Waals surface area contributed by atoms with Gasteiger partial charge in [-0.05, 0) is 6.92 Å². The summed E-state index contributed by atoms with van der Waals surface area (Å²) < 4.78 is 7.48. The van der Waals surface area contributed by atoms with Gasteiger partial charge in [-0.1, -0.05) is 0 Å². The van der Waals surface area contributed by atoms with Crippen LogP contribution in [0.3, 0.4) is 0 Å². The lowest BCUT2D eigenvalue weighted by atomic mass is 10.2. The number of rotatable bonds is 4. The highest BCUT2D eigenvalue weighted by molar-refractivity contribution is 5.44. The van der Waals surface area contributed by atoms with E-state index in [1.807, 2.05) is 0 Å². The van der Waals surface area contributed by atoms with Crippen LogP contribution in [-0.2, 0) is 16.1 Å². The Labute approximate surface area is 119 Å². The first kappa shape index (κ1) is 15.4. The van der Waals surface area contributed by atoms with Crippen molar-refractivity contribution in [3.8, 4) is 0 Å². The molecule has 2 rings (SSSR count). The van der Waals surface area contributed by atoms with Crippen molar-refractivity contribution in [2.75, 3.05) is 6.61 Å². The van der Waals surface area contributed by atoms with Crippen LogP contribution in [0.2, 0.25) is 0 Å². The lowest BCUT2D eigenvalue weighted by Gasteiger charge is -2.16. The van der Waals surface area contributed by atoms with Crippen molar-refractivity contribution >= 4 is 5.94 Å². The van der Waals surface area contributed by atoms with E-state index < -0.39 is 29.7 Å². The van der Waals surface area contributed by atoms with Crippen molar-refractivity contribution in [2.45, 2.75) is 38.3 Å². The summed E-state index contributed by atoms with van der Waals surface area (Å²) in [5, 5.41) is 18.8. The molecule has 1 aliphatic heterocycles. The van der Waals surface area contributed by atoms with Gasteiger partial charge in [-0.3, -0.25) is 13.9 Å². The molecular weight excluding hydrogens is 280 g/mol. The predicted octanol–water partition coefficient (Wildman–Crippen LogP) is -1.65. The molecule has 1 fully saturated rings. The molecule has 0 radical (unpaired) electrons. The molecule has 0 bridgehead atoms. The molecule has 0 aromatic carbocycles. The topological polar surface area (TPSA) is 111 Å². The maximum Gasteiger partial charge on any atom is 0.333 e.